The molecule has 206 valence electrons. The molecule has 0 radical (unpaired) electrons. The van der Waals surface area contributed by atoms with Crippen LogP contribution in [0.3, 0.4) is 0 Å². The van der Waals surface area contributed by atoms with E-state index in [4.69, 9.17) is 9.47 Å². The Morgan fingerprint density at radius 2 is 2.03 bits per heavy atom. The smallest absolute Gasteiger partial charge is 0.410 e. The van der Waals surface area contributed by atoms with E-state index in [1.165, 1.54) is 22.7 Å². The molecule has 2 fully saturated rings. The van der Waals surface area contributed by atoms with Gasteiger partial charge in [-0.2, -0.15) is 0 Å². The van der Waals surface area contributed by atoms with Crippen molar-refractivity contribution in [1.82, 2.24) is 19.4 Å². The molecule has 6 atom stereocenters. The summed E-state index contributed by atoms with van der Waals surface area (Å²) in [5.41, 5.74) is 0.251. The number of ether oxygens (including phenoxy) is 2. The number of amides is 2. The van der Waals surface area contributed by atoms with E-state index in [2.05, 4.69) is 18.1 Å². The first kappa shape index (κ1) is 28.0. The molecule has 0 unspecified atom stereocenters. The second-order valence-corrected chi connectivity index (χ2v) is 11.3. The molecule has 1 aromatic rings. The molecule has 10 nitrogen and oxygen atoms in total. The molecule has 0 aromatic carbocycles. The van der Waals surface area contributed by atoms with Crippen molar-refractivity contribution in [2.75, 3.05) is 19.8 Å². The molecule has 0 spiro atoms. The van der Waals surface area contributed by atoms with E-state index in [1.807, 2.05) is 17.7 Å². The number of rotatable bonds is 12. The van der Waals surface area contributed by atoms with Gasteiger partial charge in [0.15, 0.2) is 0 Å². The van der Waals surface area contributed by atoms with Crippen LogP contribution in [0.5, 0.6) is 0 Å². The van der Waals surface area contributed by atoms with Crippen LogP contribution in [0.1, 0.15) is 33.1 Å². The lowest BCUT2D eigenvalue weighted by Gasteiger charge is -2.46. The van der Waals surface area contributed by atoms with Crippen LogP contribution in [0.25, 0.3) is 0 Å². The minimum atomic E-state index is -0.817. The Hall–Kier alpha value is -3.05. The fourth-order valence-electron chi connectivity index (χ4n) is 5.65. The third-order valence-electron chi connectivity index (χ3n) is 7.38. The van der Waals surface area contributed by atoms with Crippen molar-refractivity contribution in [3.05, 3.63) is 54.6 Å². The fourth-order valence-corrected chi connectivity index (χ4v) is 7.21. The fraction of sp³-hybridized carbons (Fsp3) is 0.556. The summed E-state index contributed by atoms with van der Waals surface area (Å²) in [6.45, 7) is 12.2. The average Bonchev–Trinajstić information content (AvgIpc) is 3.60. The maximum Gasteiger partial charge on any atom is 0.410 e. The number of aliphatic hydroxyl groups is 1. The molecule has 1 aromatic heterocycles. The van der Waals surface area contributed by atoms with Crippen molar-refractivity contribution in [3.8, 4) is 0 Å². The number of aromatic nitrogens is 2. The van der Waals surface area contributed by atoms with Crippen LogP contribution in [0, 0.1) is 11.8 Å². The quantitative estimate of drug-likeness (QED) is 0.243. The molecule has 2 amide bonds. The van der Waals surface area contributed by atoms with Crippen molar-refractivity contribution in [3.63, 3.8) is 0 Å². The average molecular weight is 545 g/mol. The third-order valence-corrected chi connectivity index (χ3v) is 8.87. The number of hydrogen-bond donors (Lipinski definition) is 1. The molecule has 0 saturated carbocycles. The van der Waals surface area contributed by atoms with Gasteiger partial charge in [-0.3, -0.25) is 4.79 Å². The second-order valence-electron chi connectivity index (χ2n) is 9.94. The number of esters is 1. The number of nitrogens with zero attached hydrogens (tertiary/aromatic N) is 4. The molecule has 38 heavy (non-hydrogen) atoms. The summed E-state index contributed by atoms with van der Waals surface area (Å²) in [4.78, 5) is 47.0. The zero-order chi connectivity index (χ0) is 27.4. The van der Waals surface area contributed by atoms with E-state index in [0.29, 0.717) is 6.54 Å². The molecule has 2 saturated heterocycles. The third kappa shape index (κ3) is 5.54. The molecule has 4 rings (SSSR count). The lowest BCUT2D eigenvalue weighted by atomic mass is 9.79. The second kappa shape index (κ2) is 12.2. The van der Waals surface area contributed by atoms with Crippen LogP contribution in [0.2, 0.25) is 0 Å². The molecule has 0 aliphatic carbocycles. The summed E-state index contributed by atoms with van der Waals surface area (Å²) in [7, 11) is 0. The van der Waals surface area contributed by atoms with Crippen LogP contribution < -0.4 is 0 Å². The number of likely N-dealkylation sites (tertiary alicyclic amines) is 1. The summed E-state index contributed by atoms with van der Waals surface area (Å²) < 4.78 is 12.7. The number of aryl methyl sites for hydroxylation is 1. The Labute approximate surface area is 227 Å². The Morgan fingerprint density at radius 1 is 1.29 bits per heavy atom. The number of aliphatic hydroxyl groups excluding tert-OH is 1. The van der Waals surface area contributed by atoms with Gasteiger partial charge in [0.1, 0.15) is 18.9 Å². The highest BCUT2D eigenvalue weighted by molar-refractivity contribution is 8.03. The molecular formula is C27H36N4O6S. The molecule has 3 aliphatic rings. The van der Waals surface area contributed by atoms with Crippen LogP contribution in [0.15, 0.2) is 54.6 Å². The van der Waals surface area contributed by atoms with Crippen LogP contribution >= 0.6 is 11.8 Å². The van der Waals surface area contributed by atoms with E-state index in [0.717, 1.165) is 30.7 Å². The number of thioether (sulfide) groups is 1. The van der Waals surface area contributed by atoms with Gasteiger partial charge in [0.25, 0.3) is 0 Å². The van der Waals surface area contributed by atoms with Crippen molar-refractivity contribution in [1.29, 1.82) is 0 Å². The lowest BCUT2D eigenvalue weighted by molar-refractivity contribution is -0.164. The van der Waals surface area contributed by atoms with Crippen LogP contribution in [0.4, 0.5) is 4.79 Å². The van der Waals surface area contributed by atoms with E-state index in [9.17, 15) is 19.5 Å². The molecule has 11 heteroatoms. The van der Waals surface area contributed by atoms with E-state index in [-0.39, 0.29) is 54.2 Å². The zero-order valence-corrected chi connectivity index (χ0v) is 22.7. The summed E-state index contributed by atoms with van der Waals surface area (Å²) >= 11 is 1.53. The largest absolute Gasteiger partial charge is 0.457 e. The highest BCUT2D eigenvalue weighted by Gasteiger charge is 2.60. The number of fused-ring (bicyclic) bond motifs is 1. The highest BCUT2D eigenvalue weighted by Crippen LogP contribution is 2.52. The molecule has 1 N–H and O–H groups in total. The minimum absolute atomic E-state index is 0.00276. The van der Waals surface area contributed by atoms with Gasteiger partial charge in [-0.25, -0.2) is 14.6 Å². The van der Waals surface area contributed by atoms with Gasteiger partial charge < -0.3 is 28.9 Å². The first-order valence-electron chi connectivity index (χ1n) is 13.0. The summed E-state index contributed by atoms with van der Waals surface area (Å²) in [6.07, 6.45) is 9.63. The predicted molar refractivity (Wildman–Crippen MR) is 143 cm³/mol. The van der Waals surface area contributed by atoms with Gasteiger partial charge in [0, 0.05) is 47.6 Å². The van der Waals surface area contributed by atoms with Crippen molar-refractivity contribution in [2.45, 2.75) is 63.1 Å². The number of carbonyl (C=O) groups excluding carboxylic acids is 3. The highest BCUT2D eigenvalue weighted by atomic mass is 32.2. The molecule has 3 aliphatic heterocycles. The number of carbonyl (C=O) groups is 3. The van der Waals surface area contributed by atoms with Crippen molar-refractivity contribution in [2.24, 2.45) is 11.8 Å². The predicted octanol–water partition coefficient (Wildman–Crippen LogP) is 2.96. The number of β-lactam (4-membered cyclic amide) rings is 1. The van der Waals surface area contributed by atoms with E-state index >= 15 is 0 Å². The minimum Gasteiger partial charge on any atom is -0.457 e. The molecule has 4 heterocycles. The van der Waals surface area contributed by atoms with Gasteiger partial charge >= 0.3 is 12.1 Å². The van der Waals surface area contributed by atoms with Crippen molar-refractivity contribution < 1.29 is 29.0 Å². The number of imidazole rings is 1. The SMILES string of the molecule is C=CCOC(=O)C1=C(S[C@H]2C[C@@H](CCCn3ccnc3)N(C(=O)OCC=C)C2)[C@H](C)[C@@H]2[C@@H]([C@@H](C)O)C(=O)N12. The Morgan fingerprint density at radius 3 is 2.68 bits per heavy atom. The van der Waals surface area contributed by atoms with E-state index in [1.54, 1.807) is 30.4 Å². The first-order valence-corrected chi connectivity index (χ1v) is 13.9. The molecule has 0 bridgehead atoms. The summed E-state index contributed by atoms with van der Waals surface area (Å²) in [6, 6.07) is -0.317. The van der Waals surface area contributed by atoms with Gasteiger partial charge in [0.2, 0.25) is 5.91 Å². The van der Waals surface area contributed by atoms with Gasteiger partial charge in [-0.1, -0.05) is 32.2 Å². The normalized spacial score (nSPS) is 27.1. The number of hydrogen-bond acceptors (Lipinski definition) is 8. The Balaban J connectivity index is 1.52. The van der Waals surface area contributed by atoms with Gasteiger partial charge in [-0.05, 0) is 26.2 Å². The van der Waals surface area contributed by atoms with E-state index < -0.39 is 18.0 Å². The monoisotopic (exact) mass is 544 g/mol. The Kier molecular flexibility index (Phi) is 8.99. The van der Waals surface area contributed by atoms with Crippen molar-refractivity contribution >= 4 is 29.7 Å². The summed E-state index contributed by atoms with van der Waals surface area (Å²) in [5.74, 6) is -1.55. The zero-order valence-electron chi connectivity index (χ0n) is 21.9. The summed E-state index contributed by atoms with van der Waals surface area (Å²) in [5, 5.41) is 10.2. The van der Waals surface area contributed by atoms with Gasteiger partial charge in [-0.15, -0.1) is 11.8 Å². The van der Waals surface area contributed by atoms with Crippen LogP contribution in [-0.4, -0.2) is 85.6 Å². The van der Waals surface area contributed by atoms with Crippen LogP contribution in [-0.2, 0) is 25.6 Å². The maximum absolute atomic E-state index is 13.1. The Bertz CT molecular complexity index is 1090. The topological polar surface area (TPSA) is 114 Å². The standard InChI is InChI=1S/C27H36N4O6S/c1-5-12-36-26(34)23-24(17(3)22-21(18(4)32)25(33)31(22)23)38-20-14-19(8-7-10-29-11-9-28-16-29)30(15-20)27(35)37-13-6-2/h5-6,9,11,16-22,32H,1-2,7-8,10,12-15H2,3-4H3/t17-,18-,19-,20+,21-,22-/m1/s1. The molecular weight excluding hydrogens is 508 g/mol. The maximum atomic E-state index is 13.1. The lowest BCUT2D eigenvalue weighted by Crippen LogP contribution is -2.63. The van der Waals surface area contributed by atoms with Gasteiger partial charge in [0.05, 0.1) is 24.4 Å². The first-order chi connectivity index (χ1) is 18.3.